The van der Waals surface area contributed by atoms with Crippen LogP contribution >= 0.6 is 0 Å². The summed E-state index contributed by atoms with van der Waals surface area (Å²) in [5.74, 6) is 1.04. The predicted octanol–water partition coefficient (Wildman–Crippen LogP) is 2.41. The van der Waals surface area contributed by atoms with Crippen molar-refractivity contribution in [1.82, 2.24) is 5.32 Å². The maximum Gasteiger partial charge on any atom is 0.122 e. The number of hydrogen-bond acceptors (Lipinski definition) is 3. The highest BCUT2D eigenvalue weighted by molar-refractivity contribution is 5.39. The number of nitrogens with one attached hydrogen (secondary N) is 1. The summed E-state index contributed by atoms with van der Waals surface area (Å²) < 4.78 is 5.51. The maximum absolute atomic E-state index is 10.4. The fourth-order valence-corrected chi connectivity index (χ4v) is 3.18. The van der Waals surface area contributed by atoms with Gasteiger partial charge in [0.05, 0.1) is 12.2 Å². The molecule has 1 heterocycles. The van der Waals surface area contributed by atoms with E-state index in [9.17, 15) is 5.11 Å². The average molecular weight is 261 g/mol. The fraction of sp³-hybridized carbons (Fsp3) is 0.625. The molecule has 1 fully saturated rings. The van der Waals surface area contributed by atoms with Crippen LogP contribution in [0.5, 0.6) is 5.75 Å². The lowest BCUT2D eigenvalue weighted by molar-refractivity contribution is 0.00467. The van der Waals surface area contributed by atoms with Crippen LogP contribution in [0.2, 0.25) is 0 Å². The molecule has 1 aliphatic heterocycles. The van der Waals surface area contributed by atoms with Gasteiger partial charge in [0.1, 0.15) is 5.75 Å². The second-order valence-electron chi connectivity index (χ2n) is 5.93. The lowest BCUT2D eigenvalue weighted by Gasteiger charge is -2.32. The highest BCUT2D eigenvalue weighted by atomic mass is 16.5. The van der Waals surface area contributed by atoms with E-state index >= 15 is 0 Å². The monoisotopic (exact) mass is 261 g/mol. The molecular weight excluding hydrogens is 238 g/mol. The second-order valence-corrected chi connectivity index (χ2v) is 5.93. The number of fused-ring (bicyclic) bond motifs is 1. The van der Waals surface area contributed by atoms with Crippen LogP contribution in [0.4, 0.5) is 0 Å². The first-order valence-electron chi connectivity index (χ1n) is 7.43. The van der Waals surface area contributed by atoms with Gasteiger partial charge in [0, 0.05) is 19.5 Å². The average Bonchev–Trinajstić information content (AvgIpc) is 2.87. The molecule has 2 aliphatic rings. The van der Waals surface area contributed by atoms with Gasteiger partial charge in [-0.05, 0) is 30.0 Å². The van der Waals surface area contributed by atoms with Gasteiger partial charge >= 0.3 is 0 Å². The summed E-state index contributed by atoms with van der Waals surface area (Å²) in [6.45, 7) is 2.35. The predicted molar refractivity (Wildman–Crippen MR) is 75.4 cm³/mol. The Hall–Kier alpha value is -1.06. The Labute approximate surface area is 115 Å². The number of aliphatic hydroxyl groups is 1. The molecule has 0 bridgehead atoms. The molecule has 0 atom stereocenters. The van der Waals surface area contributed by atoms with E-state index in [1.165, 1.54) is 17.5 Å². The van der Waals surface area contributed by atoms with Crippen LogP contribution in [-0.2, 0) is 13.0 Å². The van der Waals surface area contributed by atoms with Crippen molar-refractivity contribution in [2.75, 3.05) is 13.2 Å². The molecule has 0 radical (unpaired) electrons. The van der Waals surface area contributed by atoms with Crippen LogP contribution in [0.15, 0.2) is 18.2 Å². The Kier molecular flexibility index (Phi) is 3.76. The number of rotatable bonds is 4. The third kappa shape index (κ3) is 3.10. The van der Waals surface area contributed by atoms with Gasteiger partial charge in [-0.2, -0.15) is 0 Å². The zero-order valence-corrected chi connectivity index (χ0v) is 11.5. The van der Waals surface area contributed by atoms with Crippen LogP contribution < -0.4 is 10.1 Å². The Morgan fingerprint density at radius 2 is 2.05 bits per heavy atom. The SMILES string of the molecule is OC1(CNCc2ccc3c(c2)CCO3)CCCCC1. The zero-order valence-electron chi connectivity index (χ0n) is 11.5. The minimum Gasteiger partial charge on any atom is -0.493 e. The molecular formula is C16H23NO2. The van der Waals surface area contributed by atoms with E-state index in [-0.39, 0.29) is 0 Å². The molecule has 0 unspecified atom stereocenters. The van der Waals surface area contributed by atoms with Gasteiger partial charge in [-0.3, -0.25) is 0 Å². The van der Waals surface area contributed by atoms with Gasteiger partial charge in [0.15, 0.2) is 0 Å². The molecule has 0 spiro atoms. The zero-order chi connectivity index (χ0) is 13.1. The second kappa shape index (κ2) is 5.51. The van der Waals surface area contributed by atoms with Crippen molar-refractivity contribution in [3.05, 3.63) is 29.3 Å². The van der Waals surface area contributed by atoms with Crippen LogP contribution in [0, 0.1) is 0 Å². The fourth-order valence-electron chi connectivity index (χ4n) is 3.18. The normalized spacial score (nSPS) is 20.9. The van der Waals surface area contributed by atoms with Gasteiger partial charge in [0.25, 0.3) is 0 Å². The van der Waals surface area contributed by atoms with E-state index in [1.807, 2.05) is 0 Å². The smallest absolute Gasteiger partial charge is 0.122 e. The van der Waals surface area contributed by atoms with Gasteiger partial charge in [0.2, 0.25) is 0 Å². The third-order valence-electron chi connectivity index (χ3n) is 4.32. The van der Waals surface area contributed by atoms with Crippen molar-refractivity contribution in [3.8, 4) is 5.75 Å². The summed E-state index contributed by atoms with van der Waals surface area (Å²) in [6.07, 6.45) is 6.50. The van der Waals surface area contributed by atoms with E-state index in [1.54, 1.807) is 0 Å². The maximum atomic E-state index is 10.4. The molecule has 19 heavy (non-hydrogen) atoms. The van der Waals surface area contributed by atoms with Crippen LogP contribution in [-0.4, -0.2) is 23.9 Å². The lowest BCUT2D eigenvalue weighted by atomic mass is 9.85. The van der Waals surface area contributed by atoms with Crippen LogP contribution in [0.1, 0.15) is 43.2 Å². The van der Waals surface area contributed by atoms with Crippen LogP contribution in [0.3, 0.4) is 0 Å². The first kappa shape index (κ1) is 12.9. The first-order valence-corrected chi connectivity index (χ1v) is 7.43. The highest BCUT2D eigenvalue weighted by Gasteiger charge is 2.28. The first-order chi connectivity index (χ1) is 9.25. The molecule has 3 nitrogen and oxygen atoms in total. The Morgan fingerprint density at radius 1 is 1.21 bits per heavy atom. The Morgan fingerprint density at radius 3 is 2.89 bits per heavy atom. The molecule has 1 aromatic rings. The number of benzene rings is 1. The van der Waals surface area contributed by atoms with Crippen molar-refractivity contribution in [1.29, 1.82) is 0 Å². The topological polar surface area (TPSA) is 41.5 Å². The van der Waals surface area contributed by atoms with E-state index in [2.05, 4.69) is 23.5 Å². The van der Waals surface area contributed by atoms with Crippen molar-refractivity contribution >= 4 is 0 Å². The highest BCUT2D eigenvalue weighted by Crippen LogP contribution is 2.28. The summed E-state index contributed by atoms with van der Waals surface area (Å²) in [6, 6.07) is 6.40. The summed E-state index contributed by atoms with van der Waals surface area (Å²) in [4.78, 5) is 0. The summed E-state index contributed by atoms with van der Waals surface area (Å²) in [7, 11) is 0. The molecule has 1 aromatic carbocycles. The molecule has 0 aromatic heterocycles. The molecule has 0 saturated heterocycles. The molecule has 1 saturated carbocycles. The molecule has 3 rings (SSSR count). The van der Waals surface area contributed by atoms with Crippen molar-refractivity contribution < 1.29 is 9.84 Å². The van der Waals surface area contributed by atoms with E-state index < -0.39 is 5.60 Å². The van der Waals surface area contributed by atoms with Gasteiger partial charge in [-0.1, -0.05) is 31.4 Å². The summed E-state index contributed by atoms with van der Waals surface area (Å²) in [5, 5.41) is 13.8. The van der Waals surface area contributed by atoms with Crippen molar-refractivity contribution in [3.63, 3.8) is 0 Å². The van der Waals surface area contributed by atoms with E-state index in [0.29, 0.717) is 6.54 Å². The molecule has 1 aliphatic carbocycles. The Balaban J connectivity index is 1.52. The Bertz CT molecular complexity index is 438. The molecule has 0 amide bonds. The van der Waals surface area contributed by atoms with Crippen LogP contribution in [0.25, 0.3) is 0 Å². The van der Waals surface area contributed by atoms with Gasteiger partial charge in [-0.25, -0.2) is 0 Å². The van der Waals surface area contributed by atoms with E-state index in [4.69, 9.17) is 4.74 Å². The minimum atomic E-state index is -0.474. The number of ether oxygens (including phenoxy) is 1. The van der Waals surface area contributed by atoms with Gasteiger partial charge in [-0.15, -0.1) is 0 Å². The van der Waals surface area contributed by atoms with Crippen molar-refractivity contribution in [2.45, 2.75) is 50.7 Å². The summed E-state index contributed by atoms with van der Waals surface area (Å²) >= 11 is 0. The standard InChI is InChI=1S/C16H23NO2/c18-16(7-2-1-3-8-16)12-17-11-13-4-5-15-14(10-13)6-9-19-15/h4-5,10,17-18H,1-3,6-9,11-12H2. The van der Waals surface area contributed by atoms with Crippen molar-refractivity contribution in [2.24, 2.45) is 0 Å². The minimum absolute atomic E-state index is 0.474. The lowest BCUT2D eigenvalue weighted by Crippen LogP contribution is -2.41. The number of hydrogen-bond donors (Lipinski definition) is 2. The molecule has 2 N–H and O–H groups in total. The molecule has 104 valence electrons. The summed E-state index contributed by atoms with van der Waals surface area (Å²) in [5.41, 5.74) is 2.12. The quantitative estimate of drug-likeness (QED) is 0.874. The third-order valence-corrected chi connectivity index (χ3v) is 4.32. The van der Waals surface area contributed by atoms with E-state index in [0.717, 1.165) is 51.0 Å². The van der Waals surface area contributed by atoms with Gasteiger partial charge < -0.3 is 15.2 Å². The largest absolute Gasteiger partial charge is 0.493 e. The molecule has 3 heteroatoms.